The van der Waals surface area contributed by atoms with Gasteiger partial charge in [0.25, 0.3) is 0 Å². The van der Waals surface area contributed by atoms with Gasteiger partial charge in [0, 0.05) is 6.42 Å². The van der Waals surface area contributed by atoms with Crippen molar-refractivity contribution < 1.29 is 18.3 Å². The summed E-state index contributed by atoms with van der Waals surface area (Å²) in [5.74, 6) is 0.290. The van der Waals surface area contributed by atoms with E-state index in [2.05, 4.69) is 9.47 Å². The molecule has 5 heteroatoms. The highest BCUT2D eigenvalue weighted by atomic mass is 35.5. The highest BCUT2D eigenvalue weighted by Crippen LogP contribution is 2.43. The van der Waals surface area contributed by atoms with E-state index in [9.17, 15) is 8.78 Å². The zero-order valence-corrected chi connectivity index (χ0v) is 10.7. The smallest absolute Gasteiger partial charge is 0.400 e. The van der Waals surface area contributed by atoms with Gasteiger partial charge in [-0.1, -0.05) is 30.3 Å². The van der Waals surface area contributed by atoms with Gasteiger partial charge < -0.3 is 9.47 Å². The fourth-order valence-corrected chi connectivity index (χ4v) is 2.54. The van der Waals surface area contributed by atoms with Crippen molar-refractivity contribution in [2.45, 2.75) is 24.5 Å². The van der Waals surface area contributed by atoms with E-state index in [1.54, 1.807) is 6.08 Å². The molecule has 0 amide bonds. The summed E-state index contributed by atoms with van der Waals surface area (Å²) in [6.07, 6.45) is -1.02. The lowest BCUT2D eigenvalue weighted by atomic mass is 9.95. The molecule has 1 atom stereocenters. The van der Waals surface area contributed by atoms with Crippen molar-refractivity contribution in [3.63, 3.8) is 0 Å². The Kier molecular flexibility index (Phi) is 2.97. The lowest BCUT2D eigenvalue weighted by molar-refractivity contribution is -0.336. The number of hydrogen-bond acceptors (Lipinski definition) is 2. The van der Waals surface area contributed by atoms with Gasteiger partial charge in [-0.25, -0.2) is 0 Å². The maximum absolute atomic E-state index is 12.9. The van der Waals surface area contributed by atoms with E-state index in [0.29, 0.717) is 12.8 Å². The summed E-state index contributed by atoms with van der Waals surface area (Å²) >= 11 is 6.37. The molecule has 0 saturated heterocycles. The molecule has 1 aliphatic heterocycles. The van der Waals surface area contributed by atoms with Crippen LogP contribution in [-0.4, -0.2) is 6.29 Å². The fourth-order valence-electron chi connectivity index (χ4n) is 2.22. The van der Waals surface area contributed by atoms with E-state index < -0.39 is 6.29 Å². The third-order valence-corrected chi connectivity index (χ3v) is 3.65. The molecular weight excluding hydrogens is 274 g/mol. The van der Waals surface area contributed by atoms with Crippen LogP contribution in [0.5, 0.6) is 0 Å². The van der Waals surface area contributed by atoms with Crippen molar-refractivity contribution in [2.24, 2.45) is 0 Å². The normalized spacial score (nSPS) is 22.2. The van der Waals surface area contributed by atoms with Crippen LogP contribution in [-0.2, 0) is 9.47 Å². The molecule has 1 aromatic carbocycles. The summed E-state index contributed by atoms with van der Waals surface area (Å²) in [4.78, 5) is 0. The number of allylic oxidation sites excluding steroid dienone is 3. The van der Waals surface area contributed by atoms with E-state index in [1.165, 1.54) is 0 Å². The number of hydrogen-bond donors (Lipinski definition) is 0. The first-order chi connectivity index (χ1) is 9.05. The van der Waals surface area contributed by atoms with Crippen molar-refractivity contribution in [2.75, 3.05) is 0 Å². The minimum absolute atomic E-state index is 0.0906. The van der Waals surface area contributed by atoms with Gasteiger partial charge in [-0.05, 0) is 23.6 Å². The number of ether oxygens (including phenoxy) is 2. The zero-order chi connectivity index (χ0) is 13.5. The second-order valence-electron chi connectivity index (χ2n) is 4.45. The first kappa shape index (κ1) is 12.5. The quantitative estimate of drug-likeness (QED) is 0.745. The predicted molar refractivity (Wildman–Crippen MR) is 66.5 cm³/mol. The fraction of sp³-hybridized carbons (Fsp3) is 0.286. The average Bonchev–Trinajstić information content (AvgIpc) is 2.71. The van der Waals surface area contributed by atoms with Crippen LogP contribution in [0.15, 0.2) is 53.5 Å². The molecule has 19 heavy (non-hydrogen) atoms. The van der Waals surface area contributed by atoms with Gasteiger partial charge in [-0.3, -0.25) is 0 Å². The molecule has 1 aliphatic carbocycles. The topological polar surface area (TPSA) is 18.5 Å². The maximum Gasteiger partial charge on any atom is 0.585 e. The standard InChI is InChI=1S/C14H11ClF2O2/c15-13(9-4-2-1-3-5-9)10-6-7-11-12(8-10)19-14(16,17)18-11/h1-5,8,13H,6-7H2. The lowest BCUT2D eigenvalue weighted by Gasteiger charge is -2.17. The summed E-state index contributed by atoms with van der Waals surface area (Å²) in [5.41, 5.74) is 1.79. The molecule has 0 fully saturated rings. The van der Waals surface area contributed by atoms with Gasteiger partial charge in [-0.15, -0.1) is 20.4 Å². The molecule has 0 N–H and O–H groups in total. The molecule has 1 unspecified atom stereocenters. The minimum atomic E-state index is -3.55. The zero-order valence-electron chi connectivity index (χ0n) is 9.91. The van der Waals surface area contributed by atoms with Crippen LogP contribution in [0.1, 0.15) is 23.8 Å². The maximum atomic E-state index is 12.9. The Morgan fingerprint density at radius 3 is 2.58 bits per heavy atom. The van der Waals surface area contributed by atoms with Crippen LogP contribution in [0, 0.1) is 0 Å². The average molecular weight is 285 g/mol. The highest BCUT2D eigenvalue weighted by Gasteiger charge is 2.45. The Labute approximate surface area is 114 Å². The molecule has 100 valence electrons. The van der Waals surface area contributed by atoms with Crippen molar-refractivity contribution in [3.8, 4) is 0 Å². The van der Waals surface area contributed by atoms with Gasteiger partial charge in [0.2, 0.25) is 0 Å². The molecule has 0 bridgehead atoms. The van der Waals surface area contributed by atoms with E-state index in [1.807, 2.05) is 30.3 Å². The molecular formula is C14H11ClF2O2. The molecule has 1 aromatic rings. The van der Waals surface area contributed by atoms with Crippen LogP contribution >= 0.6 is 11.6 Å². The Balaban J connectivity index is 1.84. The SMILES string of the molecule is FC1(F)OC2=C(CCC(C(Cl)c3ccccc3)=C2)O1. The van der Waals surface area contributed by atoms with E-state index >= 15 is 0 Å². The van der Waals surface area contributed by atoms with Crippen LogP contribution in [0.4, 0.5) is 8.78 Å². The Morgan fingerprint density at radius 2 is 1.84 bits per heavy atom. The van der Waals surface area contributed by atoms with Gasteiger partial charge in [0.15, 0.2) is 5.76 Å². The van der Waals surface area contributed by atoms with E-state index in [0.717, 1.165) is 11.1 Å². The molecule has 0 radical (unpaired) electrons. The largest absolute Gasteiger partial charge is 0.585 e. The van der Waals surface area contributed by atoms with Gasteiger partial charge in [0.05, 0.1) is 5.38 Å². The summed E-state index contributed by atoms with van der Waals surface area (Å²) in [6, 6.07) is 9.49. The molecule has 0 aromatic heterocycles. The van der Waals surface area contributed by atoms with Crippen molar-refractivity contribution in [3.05, 3.63) is 59.1 Å². The number of benzene rings is 1. The predicted octanol–water partition coefficient (Wildman–Crippen LogP) is 4.50. The second kappa shape index (κ2) is 4.53. The molecule has 2 nitrogen and oxygen atoms in total. The summed E-state index contributed by atoms with van der Waals surface area (Å²) in [7, 11) is 0. The lowest BCUT2D eigenvalue weighted by Crippen LogP contribution is -2.16. The molecule has 0 spiro atoms. The van der Waals surface area contributed by atoms with E-state index in [4.69, 9.17) is 11.6 Å². The third-order valence-electron chi connectivity index (χ3n) is 3.12. The van der Waals surface area contributed by atoms with Gasteiger partial charge in [0.1, 0.15) is 5.76 Å². The molecule has 0 saturated carbocycles. The number of rotatable bonds is 2. The van der Waals surface area contributed by atoms with Crippen molar-refractivity contribution >= 4 is 11.6 Å². The van der Waals surface area contributed by atoms with Gasteiger partial charge in [-0.2, -0.15) is 0 Å². The highest BCUT2D eigenvalue weighted by molar-refractivity contribution is 6.22. The molecule has 3 rings (SSSR count). The summed E-state index contributed by atoms with van der Waals surface area (Å²) < 4.78 is 34.8. The summed E-state index contributed by atoms with van der Waals surface area (Å²) in [6.45, 7) is 0. The van der Waals surface area contributed by atoms with Crippen molar-refractivity contribution in [1.82, 2.24) is 0 Å². The molecule has 1 heterocycles. The Bertz CT molecular complexity index is 552. The van der Waals surface area contributed by atoms with Crippen LogP contribution < -0.4 is 0 Å². The summed E-state index contributed by atoms with van der Waals surface area (Å²) in [5, 5.41) is -0.340. The Hall–Kier alpha value is -1.55. The third kappa shape index (κ3) is 2.45. The van der Waals surface area contributed by atoms with Crippen molar-refractivity contribution in [1.29, 1.82) is 0 Å². The second-order valence-corrected chi connectivity index (χ2v) is 4.88. The first-order valence-electron chi connectivity index (χ1n) is 5.94. The number of alkyl halides is 3. The molecule has 2 aliphatic rings. The Morgan fingerprint density at radius 1 is 1.11 bits per heavy atom. The first-order valence-corrected chi connectivity index (χ1v) is 6.37. The van der Waals surface area contributed by atoms with Crippen LogP contribution in [0.2, 0.25) is 0 Å². The monoisotopic (exact) mass is 284 g/mol. The van der Waals surface area contributed by atoms with Gasteiger partial charge >= 0.3 is 6.29 Å². The van der Waals surface area contributed by atoms with E-state index in [-0.39, 0.29) is 16.9 Å². The van der Waals surface area contributed by atoms with Crippen LogP contribution in [0.25, 0.3) is 0 Å². The number of halogens is 3. The minimum Gasteiger partial charge on any atom is -0.400 e. The van der Waals surface area contributed by atoms with Crippen LogP contribution in [0.3, 0.4) is 0 Å².